The number of hydrogen-bond acceptors (Lipinski definition) is 3. The minimum absolute atomic E-state index is 0.0218. The van der Waals surface area contributed by atoms with Crippen LogP contribution in [0, 0.1) is 0 Å². The quantitative estimate of drug-likeness (QED) is 0.713. The fourth-order valence-corrected chi connectivity index (χ4v) is 3.88. The molecule has 0 N–H and O–H groups in total. The molecule has 2 heterocycles. The van der Waals surface area contributed by atoms with Gasteiger partial charge in [0, 0.05) is 12.6 Å². The van der Waals surface area contributed by atoms with Crippen molar-refractivity contribution in [3.8, 4) is 0 Å². The molecule has 0 aromatic heterocycles. The number of hydrogen-bond donors (Lipinski definition) is 0. The maximum Gasteiger partial charge on any atom is 0.283 e. The number of benzene rings is 1. The molecule has 24 heavy (non-hydrogen) atoms. The van der Waals surface area contributed by atoms with E-state index < -0.39 is 11.8 Å². The molecule has 0 saturated carbocycles. The Morgan fingerprint density at radius 2 is 1.83 bits per heavy atom. The van der Waals surface area contributed by atoms with Crippen molar-refractivity contribution in [2.75, 3.05) is 11.4 Å². The van der Waals surface area contributed by atoms with E-state index in [9.17, 15) is 9.59 Å². The van der Waals surface area contributed by atoms with Crippen molar-refractivity contribution in [1.29, 1.82) is 0 Å². The van der Waals surface area contributed by atoms with Crippen LogP contribution in [0.3, 0.4) is 0 Å². The fourth-order valence-electron chi connectivity index (χ4n) is 3.32. The summed E-state index contributed by atoms with van der Waals surface area (Å²) in [6, 6.07) is 4.87. The Morgan fingerprint density at radius 1 is 1.08 bits per heavy atom. The van der Waals surface area contributed by atoms with Gasteiger partial charge in [0.15, 0.2) is 0 Å². The van der Waals surface area contributed by atoms with Gasteiger partial charge in [-0.15, -0.1) is 0 Å². The maximum atomic E-state index is 12.9. The van der Waals surface area contributed by atoms with Gasteiger partial charge in [0.2, 0.25) is 0 Å². The van der Waals surface area contributed by atoms with Crippen molar-refractivity contribution in [1.82, 2.24) is 4.90 Å². The van der Waals surface area contributed by atoms with Crippen LogP contribution in [0.2, 0.25) is 10.0 Å². The molecule has 4 nitrogen and oxygen atoms in total. The second-order valence-corrected chi connectivity index (χ2v) is 7.15. The smallest absolute Gasteiger partial charge is 0.283 e. The number of rotatable bonds is 3. The van der Waals surface area contributed by atoms with Gasteiger partial charge in [-0.05, 0) is 43.9 Å². The van der Waals surface area contributed by atoms with Gasteiger partial charge in [-0.25, -0.2) is 4.90 Å². The third-order valence-electron chi connectivity index (χ3n) is 4.55. The number of carbonyl (C=O) groups excluding carboxylic acids is 2. The molecule has 1 fully saturated rings. The lowest BCUT2D eigenvalue weighted by atomic mass is 9.99. The lowest BCUT2D eigenvalue weighted by molar-refractivity contribution is -0.121. The lowest BCUT2D eigenvalue weighted by Gasteiger charge is -2.37. The van der Waals surface area contributed by atoms with E-state index in [2.05, 4.69) is 6.92 Å². The van der Waals surface area contributed by atoms with Gasteiger partial charge in [0.25, 0.3) is 11.8 Å². The maximum absolute atomic E-state index is 12.9. The first-order valence-corrected chi connectivity index (χ1v) is 9.09. The molecule has 0 spiro atoms. The topological polar surface area (TPSA) is 40.6 Å². The number of likely N-dealkylation sites (tertiary alicyclic amines) is 1. The monoisotopic (exact) mass is 386 g/mol. The van der Waals surface area contributed by atoms with E-state index in [-0.39, 0.29) is 16.1 Å². The highest BCUT2D eigenvalue weighted by atomic mass is 35.5. The molecule has 2 amide bonds. The molecule has 0 radical (unpaired) electrons. The molecule has 128 valence electrons. The first kappa shape index (κ1) is 17.6. The summed E-state index contributed by atoms with van der Waals surface area (Å²) < 4.78 is 0. The summed E-state index contributed by atoms with van der Waals surface area (Å²) in [6.07, 6.45) is 4.01. The number of amides is 2. The molecule has 2 aliphatic rings. The van der Waals surface area contributed by atoms with E-state index in [1.54, 1.807) is 12.1 Å². The van der Waals surface area contributed by atoms with Crippen LogP contribution in [0.4, 0.5) is 5.69 Å². The van der Waals surface area contributed by atoms with Crippen molar-refractivity contribution in [2.24, 2.45) is 0 Å². The zero-order chi connectivity index (χ0) is 17.4. The van der Waals surface area contributed by atoms with Gasteiger partial charge in [-0.1, -0.05) is 41.7 Å². The normalized spacial score (nSPS) is 21.9. The third kappa shape index (κ3) is 2.92. The Morgan fingerprint density at radius 3 is 2.50 bits per heavy atom. The number of anilines is 1. The van der Waals surface area contributed by atoms with Crippen molar-refractivity contribution in [3.05, 3.63) is 39.0 Å². The lowest BCUT2D eigenvalue weighted by Crippen LogP contribution is -2.42. The zero-order valence-corrected chi connectivity index (χ0v) is 15.5. The van der Waals surface area contributed by atoms with Gasteiger partial charge in [-0.3, -0.25) is 9.59 Å². The molecule has 2 aliphatic heterocycles. The van der Waals surface area contributed by atoms with Gasteiger partial charge in [0.1, 0.15) is 10.7 Å². The Labute approximate surface area is 155 Å². The first-order valence-electron chi connectivity index (χ1n) is 7.96. The largest absolute Gasteiger partial charge is 0.363 e. The van der Waals surface area contributed by atoms with Crippen LogP contribution in [0.5, 0.6) is 0 Å². The van der Waals surface area contributed by atoms with Gasteiger partial charge in [-0.2, -0.15) is 0 Å². The van der Waals surface area contributed by atoms with Crippen LogP contribution >= 0.6 is 34.8 Å². The highest BCUT2D eigenvalue weighted by Gasteiger charge is 2.43. The van der Waals surface area contributed by atoms with Crippen molar-refractivity contribution >= 4 is 52.3 Å². The number of carbonyl (C=O) groups is 2. The van der Waals surface area contributed by atoms with Crippen molar-refractivity contribution in [2.45, 2.75) is 38.6 Å². The van der Waals surface area contributed by atoms with Crippen molar-refractivity contribution in [3.63, 3.8) is 0 Å². The molecule has 1 saturated heterocycles. The molecule has 0 aliphatic carbocycles. The Kier molecular flexibility index (Phi) is 5.09. The Bertz CT molecular complexity index is 733. The van der Waals surface area contributed by atoms with Crippen LogP contribution in [-0.4, -0.2) is 29.3 Å². The third-order valence-corrected chi connectivity index (χ3v) is 5.63. The summed E-state index contributed by atoms with van der Waals surface area (Å²) in [4.78, 5) is 28.6. The molecule has 1 aromatic carbocycles. The second-order valence-electron chi connectivity index (χ2n) is 5.96. The standard InChI is InChI=1S/C17H17Cl3N2O2/c1-2-10-5-3-4-8-21(10)15-14(20)16(23)22(17(15)24)11-6-7-12(18)13(19)9-11/h6-7,9-10H,2-5,8H2,1H3. The summed E-state index contributed by atoms with van der Waals surface area (Å²) in [5.41, 5.74) is 0.678. The second kappa shape index (κ2) is 6.95. The van der Waals surface area contributed by atoms with Gasteiger partial charge < -0.3 is 4.90 Å². The molecule has 0 bridgehead atoms. The number of halogens is 3. The van der Waals surface area contributed by atoms with E-state index in [1.165, 1.54) is 6.07 Å². The average molecular weight is 388 g/mol. The molecule has 1 aromatic rings. The summed E-state index contributed by atoms with van der Waals surface area (Å²) >= 11 is 18.2. The van der Waals surface area contributed by atoms with E-state index >= 15 is 0 Å². The predicted molar refractivity (Wildman–Crippen MR) is 96.5 cm³/mol. The fraction of sp³-hybridized carbons (Fsp3) is 0.412. The SMILES string of the molecule is CCC1CCCCN1C1=C(Cl)C(=O)N(c2ccc(Cl)c(Cl)c2)C1=O. The minimum Gasteiger partial charge on any atom is -0.363 e. The van der Waals surface area contributed by atoms with Gasteiger partial charge >= 0.3 is 0 Å². The van der Waals surface area contributed by atoms with E-state index in [4.69, 9.17) is 34.8 Å². The van der Waals surface area contributed by atoms with E-state index in [1.807, 2.05) is 4.90 Å². The molecule has 1 unspecified atom stereocenters. The Balaban J connectivity index is 1.96. The van der Waals surface area contributed by atoms with Crippen LogP contribution in [0.25, 0.3) is 0 Å². The minimum atomic E-state index is -0.518. The first-order chi connectivity index (χ1) is 11.5. The van der Waals surface area contributed by atoms with Crippen LogP contribution < -0.4 is 4.90 Å². The molecule has 3 rings (SSSR count). The highest BCUT2D eigenvalue weighted by Crippen LogP contribution is 2.36. The van der Waals surface area contributed by atoms with Crippen LogP contribution in [0.15, 0.2) is 28.9 Å². The predicted octanol–water partition coefficient (Wildman–Crippen LogP) is 4.58. The number of piperidine rings is 1. The summed E-state index contributed by atoms with van der Waals surface area (Å²) in [7, 11) is 0. The molecule has 1 atom stereocenters. The van der Waals surface area contributed by atoms with Crippen molar-refractivity contribution < 1.29 is 9.59 Å². The summed E-state index contributed by atoms with van der Waals surface area (Å²) in [5, 5.41) is 0.621. The van der Waals surface area contributed by atoms with E-state index in [0.717, 1.165) is 37.1 Å². The number of imide groups is 1. The van der Waals surface area contributed by atoms with Crippen LogP contribution in [0.1, 0.15) is 32.6 Å². The van der Waals surface area contributed by atoms with Gasteiger partial charge in [0.05, 0.1) is 15.7 Å². The zero-order valence-electron chi connectivity index (χ0n) is 13.2. The summed E-state index contributed by atoms with van der Waals surface area (Å²) in [6.45, 7) is 2.81. The van der Waals surface area contributed by atoms with Crippen LogP contribution in [-0.2, 0) is 9.59 Å². The Hall–Kier alpha value is -1.23. The molecule has 7 heteroatoms. The summed E-state index contributed by atoms with van der Waals surface area (Å²) in [5.74, 6) is -0.917. The number of nitrogens with zero attached hydrogens (tertiary/aromatic N) is 2. The molecular weight excluding hydrogens is 371 g/mol. The highest BCUT2D eigenvalue weighted by molar-refractivity contribution is 6.52. The average Bonchev–Trinajstić information content (AvgIpc) is 2.80. The van der Waals surface area contributed by atoms with E-state index in [0.29, 0.717) is 16.4 Å². The molecular formula is C17H17Cl3N2O2.